The molecule has 0 saturated carbocycles. The maximum Gasteiger partial charge on any atom is 0.305 e. The van der Waals surface area contributed by atoms with Crippen molar-refractivity contribution in [1.82, 2.24) is 4.90 Å². The quantitative estimate of drug-likeness (QED) is 0.724. The second kappa shape index (κ2) is 8.92. The molecule has 0 aromatic rings. The summed E-state index contributed by atoms with van der Waals surface area (Å²) in [4.78, 5) is 24.3. The molecule has 1 unspecified atom stereocenters. The lowest BCUT2D eigenvalue weighted by Crippen LogP contribution is -2.41. The molecule has 0 aliphatic carbocycles. The van der Waals surface area contributed by atoms with Crippen LogP contribution in [0.4, 0.5) is 0 Å². The van der Waals surface area contributed by atoms with Gasteiger partial charge in [-0.1, -0.05) is 6.92 Å². The highest BCUT2D eigenvalue weighted by atomic mass is 16.5. The zero-order valence-electron chi connectivity index (χ0n) is 12.3. The second-order valence-corrected chi connectivity index (χ2v) is 5.36. The minimum Gasteiger partial charge on any atom is -0.481 e. The van der Waals surface area contributed by atoms with Gasteiger partial charge in [-0.05, 0) is 18.8 Å². The minimum atomic E-state index is -0.843. The molecule has 1 heterocycles. The number of carboxylic acid groups (broad SMARTS) is 1. The maximum absolute atomic E-state index is 12.0. The predicted molar refractivity (Wildman–Crippen MR) is 73.5 cm³/mol. The number of aliphatic carboxylic acids is 1. The van der Waals surface area contributed by atoms with Gasteiger partial charge in [-0.25, -0.2) is 0 Å². The lowest BCUT2D eigenvalue weighted by atomic mass is 10.0. The van der Waals surface area contributed by atoms with Gasteiger partial charge in [0.25, 0.3) is 0 Å². The first-order valence-electron chi connectivity index (χ1n) is 7.13. The SMILES string of the molecule is COCC(C)CC(=O)N1CCC(OCCC(=O)O)CC1. The van der Waals surface area contributed by atoms with Gasteiger partial charge in [0.15, 0.2) is 0 Å². The molecular formula is C14H25NO5. The van der Waals surface area contributed by atoms with Crippen LogP contribution in [0, 0.1) is 5.92 Å². The van der Waals surface area contributed by atoms with E-state index in [4.69, 9.17) is 14.6 Å². The number of methoxy groups -OCH3 is 1. The Morgan fingerprint density at radius 3 is 2.55 bits per heavy atom. The van der Waals surface area contributed by atoms with Crippen LogP contribution in [-0.4, -0.2) is 61.4 Å². The van der Waals surface area contributed by atoms with Crippen molar-refractivity contribution < 1.29 is 24.2 Å². The number of rotatable bonds is 8. The van der Waals surface area contributed by atoms with Gasteiger partial charge in [0.1, 0.15) is 0 Å². The predicted octanol–water partition coefficient (Wildman–Crippen LogP) is 1.14. The Labute approximate surface area is 120 Å². The summed E-state index contributed by atoms with van der Waals surface area (Å²) in [5.74, 6) is -0.444. The molecule has 0 spiro atoms. The third kappa shape index (κ3) is 6.34. The van der Waals surface area contributed by atoms with E-state index in [1.807, 2.05) is 11.8 Å². The van der Waals surface area contributed by atoms with Crippen molar-refractivity contribution in [2.45, 2.75) is 38.7 Å². The highest BCUT2D eigenvalue weighted by Crippen LogP contribution is 2.16. The number of hydrogen-bond acceptors (Lipinski definition) is 4. The van der Waals surface area contributed by atoms with Crippen molar-refractivity contribution >= 4 is 11.9 Å². The summed E-state index contributed by atoms with van der Waals surface area (Å²) in [6.45, 7) is 4.23. The molecule has 0 aromatic heterocycles. The number of hydrogen-bond donors (Lipinski definition) is 1. The Hall–Kier alpha value is -1.14. The Bertz CT molecular complexity index is 313. The smallest absolute Gasteiger partial charge is 0.305 e. The van der Waals surface area contributed by atoms with E-state index in [-0.39, 0.29) is 31.0 Å². The molecule has 6 heteroatoms. The van der Waals surface area contributed by atoms with Crippen LogP contribution < -0.4 is 0 Å². The van der Waals surface area contributed by atoms with E-state index < -0.39 is 5.97 Å². The van der Waals surface area contributed by atoms with Gasteiger partial charge in [-0.15, -0.1) is 0 Å². The van der Waals surface area contributed by atoms with E-state index in [1.165, 1.54) is 0 Å². The Balaban J connectivity index is 2.20. The molecule has 1 fully saturated rings. The fraction of sp³-hybridized carbons (Fsp3) is 0.857. The highest BCUT2D eigenvalue weighted by Gasteiger charge is 2.24. The first kappa shape index (κ1) is 16.9. The number of carbonyl (C=O) groups is 2. The van der Waals surface area contributed by atoms with E-state index in [2.05, 4.69) is 0 Å². The van der Waals surface area contributed by atoms with Gasteiger partial charge in [-0.2, -0.15) is 0 Å². The van der Waals surface area contributed by atoms with Crippen molar-refractivity contribution in [3.8, 4) is 0 Å². The van der Waals surface area contributed by atoms with Gasteiger partial charge in [0.2, 0.25) is 5.91 Å². The van der Waals surface area contributed by atoms with E-state index in [0.29, 0.717) is 26.1 Å². The molecule has 1 aliphatic heterocycles. The lowest BCUT2D eigenvalue weighted by Gasteiger charge is -2.32. The number of carboxylic acids is 1. The summed E-state index contributed by atoms with van der Waals surface area (Å²) in [7, 11) is 1.64. The minimum absolute atomic E-state index is 0.0354. The van der Waals surface area contributed by atoms with Crippen LogP contribution in [0.3, 0.4) is 0 Å². The van der Waals surface area contributed by atoms with Crippen molar-refractivity contribution in [1.29, 1.82) is 0 Å². The molecule has 1 aliphatic rings. The fourth-order valence-electron chi connectivity index (χ4n) is 2.36. The summed E-state index contributed by atoms with van der Waals surface area (Å²) >= 11 is 0. The summed E-state index contributed by atoms with van der Waals surface area (Å²) in [6.07, 6.45) is 2.19. The summed E-state index contributed by atoms with van der Waals surface area (Å²) in [5, 5.41) is 8.54. The van der Waals surface area contributed by atoms with Gasteiger partial charge < -0.3 is 19.5 Å². The van der Waals surface area contributed by atoms with Crippen LogP contribution in [0.15, 0.2) is 0 Å². The highest BCUT2D eigenvalue weighted by molar-refractivity contribution is 5.76. The monoisotopic (exact) mass is 287 g/mol. The zero-order chi connectivity index (χ0) is 15.0. The van der Waals surface area contributed by atoms with E-state index in [1.54, 1.807) is 7.11 Å². The Kier molecular flexibility index (Phi) is 7.54. The zero-order valence-corrected chi connectivity index (χ0v) is 12.3. The van der Waals surface area contributed by atoms with Crippen LogP contribution in [0.25, 0.3) is 0 Å². The van der Waals surface area contributed by atoms with Crippen molar-refractivity contribution in [2.75, 3.05) is 33.4 Å². The van der Waals surface area contributed by atoms with E-state index >= 15 is 0 Å². The van der Waals surface area contributed by atoms with E-state index in [0.717, 1.165) is 12.8 Å². The summed E-state index contributed by atoms with van der Waals surface area (Å²) in [5.41, 5.74) is 0. The molecule has 1 saturated heterocycles. The second-order valence-electron chi connectivity index (χ2n) is 5.36. The molecule has 1 N–H and O–H groups in total. The number of likely N-dealkylation sites (tertiary alicyclic amines) is 1. The van der Waals surface area contributed by atoms with Crippen LogP contribution in [-0.2, 0) is 19.1 Å². The largest absolute Gasteiger partial charge is 0.481 e. The molecular weight excluding hydrogens is 262 g/mol. The average molecular weight is 287 g/mol. The molecule has 116 valence electrons. The Morgan fingerprint density at radius 1 is 1.35 bits per heavy atom. The molecule has 20 heavy (non-hydrogen) atoms. The van der Waals surface area contributed by atoms with Crippen molar-refractivity contribution in [2.24, 2.45) is 5.92 Å². The molecule has 0 bridgehead atoms. The van der Waals surface area contributed by atoms with Gasteiger partial charge >= 0.3 is 5.97 Å². The van der Waals surface area contributed by atoms with E-state index in [9.17, 15) is 9.59 Å². The number of piperidine rings is 1. The third-order valence-corrected chi connectivity index (χ3v) is 3.44. The first-order chi connectivity index (χ1) is 9.52. The number of nitrogens with zero attached hydrogens (tertiary/aromatic N) is 1. The van der Waals surface area contributed by atoms with Crippen LogP contribution >= 0.6 is 0 Å². The third-order valence-electron chi connectivity index (χ3n) is 3.44. The summed E-state index contributed by atoms with van der Waals surface area (Å²) in [6, 6.07) is 0. The topological polar surface area (TPSA) is 76.1 Å². The van der Waals surface area contributed by atoms with Crippen LogP contribution in [0.5, 0.6) is 0 Å². The number of ether oxygens (including phenoxy) is 2. The normalized spacial score (nSPS) is 18.0. The van der Waals surface area contributed by atoms with Crippen molar-refractivity contribution in [3.63, 3.8) is 0 Å². The molecule has 0 aromatic carbocycles. The standard InChI is InChI=1S/C14H25NO5/c1-11(10-19-2)9-13(16)15-6-3-12(4-7-15)20-8-5-14(17)18/h11-12H,3-10H2,1-2H3,(H,17,18). The number of amides is 1. The number of carbonyl (C=O) groups excluding carboxylic acids is 1. The Morgan fingerprint density at radius 2 is 2.00 bits per heavy atom. The first-order valence-corrected chi connectivity index (χ1v) is 7.13. The van der Waals surface area contributed by atoms with Gasteiger partial charge in [0.05, 0.1) is 19.1 Å². The maximum atomic E-state index is 12.0. The van der Waals surface area contributed by atoms with Crippen molar-refractivity contribution in [3.05, 3.63) is 0 Å². The molecule has 6 nitrogen and oxygen atoms in total. The molecule has 1 rings (SSSR count). The van der Waals surface area contributed by atoms with Gasteiger partial charge in [-0.3, -0.25) is 9.59 Å². The lowest BCUT2D eigenvalue weighted by molar-refractivity contribution is -0.139. The average Bonchev–Trinajstić information content (AvgIpc) is 2.39. The summed E-state index contributed by atoms with van der Waals surface area (Å²) < 4.78 is 10.5. The molecule has 1 atom stereocenters. The molecule has 0 radical (unpaired) electrons. The molecule has 1 amide bonds. The fourth-order valence-corrected chi connectivity index (χ4v) is 2.36. The van der Waals surface area contributed by atoms with Gasteiger partial charge in [0, 0.05) is 33.2 Å². The van der Waals surface area contributed by atoms with Crippen LogP contribution in [0.2, 0.25) is 0 Å². The van der Waals surface area contributed by atoms with Crippen LogP contribution in [0.1, 0.15) is 32.6 Å².